The van der Waals surface area contributed by atoms with Crippen molar-refractivity contribution in [2.24, 2.45) is 0 Å². The number of hydrogen-bond acceptors (Lipinski definition) is 4. The fourth-order valence-electron chi connectivity index (χ4n) is 4.51. The second-order valence-electron chi connectivity index (χ2n) is 8.20. The molecule has 0 spiro atoms. The summed E-state index contributed by atoms with van der Waals surface area (Å²) in [4.78, 5) is 17.5. The Labute approximate surface area is 166 Å². The maximum atomic E-state index is 13.1. The van der Waals surface area contributed by atoms with Gasteiger partial charge in [-0.2, -0.15) is 5.10 Å². The lowest BCUT2D eigenvalue weighted by atomic mass is 9.90. The molecule has 1 N–H and O–H groups in total. The standard InChI is InChI=1S/C22H30N4O2/c1-16-13-26(14-17(2)28-16)22(27)20-12-23-24-21(20)19-8-10-25(11-9-19)15-18-6-4-3-5-7-18/h3-7,12,16-17,19H,8-11,13-15H2,1-2H3,(H,23,24)/t16-,17+. The summed E-state index contributed by atoms with van der Waals surface area (Å²) in [5.41, 5.74) is 3.10. The first-order valence-corrected chi connectivity index (χ1v) is 10.3. The van der Waals surface area contributed by atoms with Gasteiger partial charge >= 0.3 is 0 Å². The summed E-state index contributed by atoms with van der Waals surface area (Å²) in [6, 6.07) is 10.6. The number of nitrogens with one attached hydrogen (secondary N) is 1. The largest absolute Gasteiger partial charge is 0.372 e. The Bertz CT molecular complexity index is 773. The highest BCUT2D eigenvalue weighted by Gasteiger charge is 2.31. The number of aromatic nitrogens is 2. The van der Waals surface area contributed by atoms with E-state index in [0.717, 1.165) is 43.7 Å². The van der Waals surface area contributed by atoms with E-state index in [1.807, 2.05) is 18.7 Å². The molecular weight excluding hydrogens is 352 g/mol. The number of nitrogens with zero attached hydrogens (tertiary/aromatic N) is 3. The van der Waals surface area contributed by atoms with Crippen molar-refractivity contribution < 1.29 is 9.53 Å². The van der Waals surface area contributed by atoms with Crippen LogP contribution in [-0.4, -0.2) is 64.3 Å². The second-order valence-corrected chi connectivity index (χ2v) is 8.20. The van der Waals surface area contributed by atoms with Gasteiger partial charge in [0, 0.05) is 25.6 Å². The van der Waals surface area contributed by atoms with E-state index in [1.165, 1.54) is 5.56 Å². The third-order valence-corrected chi connectivity index (χ3v) is 5.85. The fraction of sp³-hybridized carbons (Fsp3) is 0.545. The third-order valence-electron chi connectivity index (χ3n) is 5.85. The van der Waals surface area contributed by atoms with Crippen LogP contribution >= 0.6 is 0 Å². The SMILES string of the molecule is C[C@@H]1CN(C(=O)c2cn[nH]c2C2CCN(Cc3ccccc3)CC2)C[C@H](C)O1. The van der Waals surface area contributed by atoms with Crippen LogP contribution in [0.25, 0.3) is 0 Å². The molecule has 2 atom stereocenters. The summed E-state index contributed by atoms with van der Waals surface area (Å²) in [5, 5.41) is 7.36. The van der Waals surface area contributed by atoms with Crippen molar-refractivity contribution >= 4 is 5.91 Å². The highest BCUT2D eigenvalue weighted by molar-refractivity contribution is 5.95. The highest BCUT2D eigenvalue weighted by atomic mass is 16.5. The van der Waals surface area contributed by atoms with Gasteiger partial charge in [-0.15, -0.1) is 0 Å². The van der Waals surface area contributed by atoms with Crippen LogP contribution in [-0.2, 0) is 11.3 Å². The zero-order valence-corrected chi connectivity index (χ0v) is 16.8. The molecule has 0 aliphatic carbocycles. The normalized spacial score (nSPS) is 24.4. The van der Waals surface area contributed by atoms with E-state index < -0.39 is 0 Å². The summed E-state index contributed by atoms with van der Waals surface area (Å²) in [6.07, 6.45) is 3.95. The number of H-pyrrole nitrogens is 1. The summed E-state index contributed by atoms with van der Waals surface area (Å²) in [6.45, 7) is 8.40. The van der Waals surface area contributed by atoms with Crippen LogP contribution in [0.2, 0.25) is 0 Å². The van der Waals surface area contributed by atoms with Crippen LogP contribution in [0.15, 0.2) is 36.5 Å². The summed E-state index contributed by atoms with van der Waals surface area (Å²) in [7, 11) is 0. The number of carbonyl (C=O) groups is 1. The number of rotatable bonds is 4. The Balaban J connectivity index is 1.39. The van der Waals surface area contributed by atoms with Gasteiger partial charge in [-0.25, -0.2) is 0 Å². The zero-order chi connectivity index (χ0) is 19.5. The molecule has 2 aromatic rings. The number of piperidine rings is 1. The molecule has 0 unspecified atom stereocenters. The van der Waals surface area contributed by atoms with Gasteiger partial charge in [0.2, 0.25) is 0 Å². The third kappa shape index (κ3) is 4.28. The van der Waals surface area contributed by atoms with Crippen LogP contribution in [0.5, 0.6) is 0 Å². The van der Waals surface area contributed by atoms with Crippen molar-refractivity contribution in [3.05, 3.63) is 53.3 Å². The lowest BCUT2D eigenvalue weighted by Crippen LogP contribution is -2.48. The molecule has 0 radical (unpaired) electrons. The Morgan fingerprint density at radius 1 is 1.14 bits per heavy atom. The molecule has 6 heteroatoms. The van der Waals surface area contributed by atoms with E-state index in [1.54, 1.807) is 6.20 Å². The van der Waals surface area contributed by atoms with E-state index >= 15 is 0 Å². The highest BCUT2D eigenvalue weighted by Crippen LogP contribution is 2.30. The quantitative estimate of drug-likeness (QED) is 0.883. The minimum absolute atomic E-state index is 0.0734. The van der Waals surface area contributed by atoms with Gasteiger partial charge < -0.3 is 9.64 Å². The van der Waals surface area contributed by atoms with Gasteiger partial charge in [-0.1, -0.05) is 30.3 Å². The molecule has 28 heavy (non-hydrogen) atoms. The van der Waals surface area contributed by atoms with Gasteiger partial charge in [0.15, 0.2) is 0 Å². The monoisotopic (exact) mass is 382 g/mol. The molecule has 2 saturated heterocycles. The first kappa shape index (κ1) is 19.2. The fourth-order valence-corrected chi connectivity index (χ4v) is 4.51. The number of benzene rings is 1. The summed E-state index contributed by atoms with van der Waals surface area (Å²) >= 11 is 0. The Morgan fingerprint density at radius 3 is 2.50 bits per heavy atom. The molecule has 150 valence electrons. The van der Waals surface area contributed by atoms with Crippen molar-refractivity contribution in [2.75, 3.05) is 26.2 Å². The lowest BCUT2D eigenvalue weighted by Gasteiger charge is -2.36. The van der Waals surface area contributed by atoms with E-state index in [9.17, 15) is 4.79 Å². The van der Waals surface area contributed by atoms with Crippen molar-refractivity contribution in [1.82, 2.24) is 20.0 Å². The van der Waals surface area contributed by atoms with Gasteiger partial charge in [0.1, 0.15) is 0 Å². The molecule has 1 amide bonds. The predicted molar refractivity (Wildman–Crippen MR) is 108 cm³/mol. The van der Waals surface area contributed by atoms with E-state index in [-0.39, 0.29) is 18.1 Å². The molecular formula is C22H30N4O2. The average molecular weight is 383 g/mol. The van der Waals surface area contributed by atoms with Crippen LogP contribution in [0, 0.1) is 0 Å². The first-order chi connectivity index (χ1) is 13.6. The van der Waals surface area contributed by atoms with Crippen LogP contribution < -0.4 is 0 Å². The Morgan fingerprint density at radius 2 is 1.82 bits per heavy atom. The molecule has 0 saturated carbocycles. The Kier molecular flexibility index (Phi) is 5.78. The zero-order valence-electron chi connectivity index (χ0n) is 16.8. The van der Waals surface area contributed by atoms with Gasteiger partial charge in [0.25, 0.3) is 5.91 Å². The number of carbonyl (C=O) groups excluding carboxylic acids is 1. The second kappa shape index (κ2) is 8.45. The van der Waals surface area contributed by atoms with E-state index in [0.29, 0.717) is 19.0 Å². The lowest BCUT2D eigenvalue weighted by molar-refractivity contribution is -0.0586. The summed E-state index contributed by atoms with van der Waals surface area (Å²) < 4.78 is 5.77. The molecule has 1 aromatic carbocycles. The number of amides is 1. The maximum absolute atomic E-state index is 13.1. The van der Waals surface area contributed by atoms with Gasteiger partial charge in [0.05, 0.1) is 29.7 Å². The van der Waals surface area contributed by atoms with Crippen molar-refractivity contribution in [1.29, 1.82) is 0 Å². The number of ether oxygens (including phenoxy) is 1. The smallest absolute Gasteiger partial charge is 0.257 e. The van der Waals surface area contributed by atoms with Crippen molar-refractivity contribution in [3.8, 4) is 0 Å². The van der Waals surface area contributed by atoms with Crippen LogP contribution in [0.4, 0.5) is 0 Å². The molecule has 4 rings (SSSR count). The summed E-state index contributed by atoms with van der Waals surface area (Å²) in [5.74, 6) is 0.446. The van der Waals surface area contributed by atoms with E-state index in [4.69, 9.17) is 4.74 Å². The minimum atomic E-state index is 0.0734. The van der Waals surface area contributed by atoms with Gasteiger partial charge in [-0.05, 0) is 45.3 Å². The van der Waals surface area contributed by atoms with E-state index in [2.05, 4.69) is 45.4 Å². The number of likely N-dealkylation sites (tertiary alicyclic amines) is 1. The molecule has 6 nitrogen and oxygen atoms in total. The first-order valence-electron chi connectivity index (χ1n) is 10.3. The maximum Gasteiger partial charge on any atom is 0.257 e. The molecule has 2 fully saturated rings. The van der Waals surface area contributed by atoms with Crippen LogP contribution in [0.1, 0.15) is 54.2 Å². The molecule has 0 bridgehead atoms. The molecule has 3 heterocycles. The van der Waals surface area contributed by atoms with Crippen LogP contribution in [0.3, 0.4) is 0 Å². The molecule has 2 aliphatic rings. The molecule has 2 aliphatic heterocycles. The van der Waals surface area contributed by atoms with Gasteiger partial charge in [-0.3, -0.25) is 14.8 Å². The topological polar surface area (TPSA) is 61.5 Å². The number of hydrogen-bond donors (Lipinski definition) is 1. The number of aromatic amines is 1. The van der Waals surface area contributed by atoms with Crippen molar-refractivity contribution in [2.45, 2.75) is 51.4 Å². The predicted octanol–water partition coefficient (Wildman–Crippen LogP) is 3.04. The minimum Gasteiger partial charge on any atom is -0.372 e. The molecule has 1 aromatic heterocycles. The number of morpholine rings is 1. The van der Waals surface area contributed by atoms with Crippen molar-refractivity contribution in [3.63, 3.8) is 0 Å². The Hall–Kier alpha value is -2.18. The average Bonchev–Trinajstić information content (AvgIpc) is 3.18.